The number of aryl methyl sites for hydroxylation is 2. The summed E-state index contributed by atoms with van der Waals surface area (Å²) in [4.78, 5) is 14.0. The fourth-order valence-corrected chi connectivity index (χ4v) is 7.00. The van der Waals surface area contributed by atoms with Crippen LogP contribution in [0.15, 0.2) is 28.5 Å². The van der Waals surface area contributed by atoms with Gasteiger partial charge in [0.1, 0.15) is 4.21 Å². The van der Waals surface area contributed by atoms with Gasteiger partial charge in [-0.15, -0.1) is 11.3 Å². The van der Waals surface area contributed by atoms with Crippen molar-refractivity contribution >= 4 is 44.6 Å². The molecular weight excluding hydrogens is 428 g/mol. The molecule has 1 aromatic heterocycles. The van der Waals surface area contributed by atoms with E-state index in [9.17, 15) is 13.2 Å². The molecule has 1 aromatic carbocycles. The Balaban J connectivity index is 1.80. The van der Waals surface area contributed by atoms with Gasteiger partial charge in [0.25, 0.3) is 10.0 Å². The van der Waals surface area contributed by atoms with E-state index in [0.717, 1.165) is 28.1 Å². The second-order valence-corrected chi connectivity index (χ2v) is 11.2. The number of sulfonamides is 1. The van der Waals surface area contributed by atoms with E-state index in [1.165, 1.54) is 15.6 Å². The lowest BCUT2D eigenvalue weighted by Crippen LogP contribution is -2.43. The molecule has 0 saturated carbocycles. The molecule has 2 heterocycles. The number of halogens is 1. The molecule has 0 aliphatic carbocycles. The Hall–Kier alpha value is -1.41. The van der Waals surface area contributed by atoms with Crippen molar-refractivity contribution in [3.8, 4) is 0 Å². The fraction of sp³-hybridized carbons (Fsp3) is 0.476. The van der Waals surface area contributed by atoms with Crippen molar-refractivity contribution in [3.05, 3.63) is 45.3 Å². The molecule has 3 rings (SSSR count). The first-order valence-electron chi connectivity index (χ1n) is 9.95. The first-order chi connectivity index (χ1) is 13.8. The molecule has 1 amide bonds. The number of rotatable bonds is 6. The number of thiophene rings is 1. The summed E-state index contributed by atoms with van der Waals surface area (Å²) < 4.78 is 27.7. The minimum Gasteiger partial charge on any atom is -0.325 e. The molecule has 0 spiro atoms. The lowest BCUT2D eigenvalue weighted by Gasteiger charge is -2.31. The summed E-state index contributed by atoms with van der Waals surface area (Å²) in [5.41, 5.74) is 2.74. The molecule has 0 radical (unpaired) electrons. The second kappa shape index (κ2) is 9.16. The number of carbonyl (C=O) groups excluding carboxylic acids is 1. The summed E-state index contributed by atoms with van der Waals surface area (Å²) in [6.45, 7) is 6.58. The summed E-state index contributed by atoms with van der Waals surface area (Å²) in [7, 11) is -3.56. The summed E-state index contributed by atoms with van der Waals surface area (Å²) in [5.74, 6) is -0.521. The van der Waals surface area contributed by atoms with Crippen molar-refractivity contribution in [2.24, 2.45) is 5.92 Å². The van der Waals surface area contributed by atoms with Crippen LogP contribution in [0.3, 0.4) is 0 Å². The summed E-state index contributed by atoms with van der Waals surface area (Å²) in [6, 6.07) is 7.26. The molecule has 1 aliphatic heterocycles. The first-order valence-corrected chi connectivity index (χ1v) is 12.6. The van der Waals surface area contributed by atoms with Crippen LogP contribution in [0, 0.1) is 12.8 Å². The lowest BCUT2D eigenvalue weighted by atomic mass is 9.97. The van der Waals surface area contributed by atoms with Crippen LogP contribution in [0.2, 0.25) is 5.02 Å². The van der Waals surface area contributed by atoms with Gasteiger partial charge in [0, 0.05) is 28.7 Å². The summed E-state index contributed by atoms with van der Waals surface area (Å²) in [6.07, 6.45) is 2.83. The van der Waals surface area contributed by atoms with Gasteiger partial charge in [-0.2, -0.15) is 4.31 Å². The zero-order valence-corrected chi connectivity index (χ0v) is 19.4. The predicted molar refractivity (Wildman–Crippen MR) is 119 cm³/mol. The average Bonchev–Trinajstić information content (AvgIpc) is 3.15. The van der Waals surface area contributed by atoms with Crippen LogP contribution in [0.5, 0.6) is 0 Å². The third-order valence-corrected chi connectivity index (χ3v) is 9.08. The number of amides is 1. The number of nitrogens with zero attached hydrogens (tertiary/aromatic N) is 1. The third-order valence-electron chi connectivity index (χ3n) is 5.39. The van der Waals surface area contributed by atoms with Gasteiger partial charge in [0.2, 0.25) is 5.91 Å². The monoisotopic (exact) mass is 454 g/mol. The molecule has 1 N–H and O–H groups in total. The lowest BCUT2D eigenvalue weighted by molar-refractivity contribution is -0.120. The summed E-state index contributed by atoms with van der Waals surface area (Å²) >= 11 is 7.61. The zero-order chi connectivity index (χ0) is 21.2. The maximum Gasteiger partial charge on any atom is 0.252 e. The van der Waals surface area contributed by atoms with Gasteiger partial charge in [-0.25, -0.2) is 8.42 Å². The summed E-state index contributed by atoms with van der Waals surface area (Å²) in [5, 5.41) is 3.70. The molecule has 0 bridgehead atoms. The Morgan fingerprint density at radius 1 is 1.24 bits per heavy atom. The number of anilines is 1. The molecule has 158 valence electrons. The highest BCUT2D eigenvalue weighted by Gasteiger charge is 2.34. The van der Waals surface area contributed by atoms with Gasteiger partial charge < -0.3 is 5.32 Å². The van der Waals surface area contributed by atoms with E-state index in [4.69, 9.17) is 11.6 Å². The van der Waals surface area contributed by atoms with Gasteiger partial charge in [0.05, 0.1) is 5.92 Å². The van der Waals surface area contributed by atoms with Crippen molar-refractivity contribution < 1.29 is 13.2 Å². The molecule has 1 aliphatic rings. The second-order valence-electron chi connectivity index (χ2n) is 7.32. The van der Waals surface area contributed by atoms with Crippen molar-refractivity contribution in [1.29, 1.82) is 0 Å². The maximum atomic E-state index is 13.1. The van der Waals surface area contributed by atoms with Crippen molar-refractivity contribution in [1.82, 2.24) is 4.31 Å². The van der Waals surface area contributed by atoms with E-state index in [1.54, 1.807) is 6.07 Å². The van der Waals surface area contributed by atoms with Crippen LogP contribution in [-0.4, -0.2) is 31.7 Å². The number of piperidine rings is 1. The van der Waals surface area contributed by atoms with Crippen molar-refractivity contribution in [3.63, 3.8) is 0 Å². The van der Waals surface area contributed by atoms with Crippen LogP contribution in [-0.2, 0) is 27.7 Å². The molecule has 1 saturated heterocycles. The smallest absolute Gasteiger partial charge is 0.252 e. The number of carbonyl (C=O) groups is 1. The Morgan fingerprint density at radius 2 is 2.00 bits per heavy atom. The van der Waals surface area contributed by atoms with Crippen LogP contribution in [0.25, 0.3) is 0 Å². The fourth-order valence-electron chi connectivity index (χ4n) is 3.74. The van der Waals surface area contributed by atoms with E-state index in [1.807, 2.05) is 39.0 Å². The normalized spacial score (nSPS) is 18.0. The third kappa shape index (κ3) is 4.68. The quantitative estimate of drug-likeness (QED) is 0.676. The molecule has 1 fully saturated rings. The highest BCUT2D eigenvalue weighted by atomic mass is 35.5. The average molecular weight is 455 g/mol. The van der Waals surface area contributed by atoms with Gasteiger partial charge in [-0.1, -0.05) is 31.5 Å². The SMILES string of the molecule is CCc1ccc(Cl)c(CC)c1NC(=O)[C@H]1CCCN(S(=O)(=O)c2ccc(C)s2)C1. The molecule has 1 atom stereocenters. The Bertz CT molecular complexity index is 1000. The molecule has 5 nitrogen and oxygen atoms in total. The largest absolute Gasteiger partial charge is 0.325 e. The van der Waals surface area contributed by atoms with E-state index < -0.39 is 10.0 Å². The van der Waals surface area contributed by atoms with Crippen LogP contribution >= 0.6 is 22.9 Å². The van der Waals surface area contributed by atoms with Crippen LogP contribution in [0.4, 0.5) is 5.69 Å². The van der Waals surface area contributed by atoms with E-state index in [-0.39, 0.29) is 18.4 Å². The Labute approximate surface area is 182 Å². The first kappa shape index (κ1) is 22.3. The molecule has 8 heteroatoms. The van der Waals surface area contributed by atoms with Gasteiger partial charge in [-0.05, 0) is 61.9 Å². The predicted octanol–water partition coefficient (Wildman–Crippen LogP) is 4.87. The van der Waals surface area contributed by atoms with Gasteiger partial charge in [0.15, 0.2) is 0 Å². The topological polar surface area (TPSA) is 66.5 Å². The maximum absolute atomic E-state index is 13.1. The van der Waals surface area contributed by atoms with Crippen LogP contribution < -0.4 is 5.32 Å². The minimum atomic E-state index is -3.56. The Morgan fingerprint density at radius 3 is 2.62 bits per heavy atom. The standard InChI is InChI=1S/C21H27ClN2O3S2/c1-4-15-9-10-18(22)17(5-2)20(15)23-21(25)16-7-6-12-24(13-16)29(26,27)19-11-8-14(3)28-19/h8-11,16H,4-7,12-13H2,1-3H3,(H,23,25)/t16-/m0/s1. The molecule has 29 heavy (non-hydrogen) atoms. The number of hydrogen-bond donors (Lipinski definition) is 1. The Kier molecular flexibility index (Phi) is 7.04. The zero-order valence-electron chi connectivity index (χ0n) is 17.0. The number of hydrogen-bond acceptors (Lipinski definition) is 4. The van der Waals surface area contributed by atoms with Gasteiger partial charge >= 0.3 is 0 Å². The highest BCUT2D eigenvalue weighted by Crippen LogP contribution is 2.32. The molecule has 0 unspecified atom stereocenters. The molecule has 2 aromatic rings. The van der Waals surface area contributed by atoms with Gasteiger partial charge in [-0.3, -0.25) is 4.79 Å². The van der Waals surface area contributed by atoms with E-state index >= 15 is 0 Å². The van der Waals surface area contributed by atoms with Crippen molar-refractivity contribution in [2.45, 2.75) is 50.7 Å². The van der Waals surface area contributed by atoms with Crippen LogP contribution in [0.1, 0.15) is 42.7 Å². The molecular formula is C21H27ClN2O3S2. The van der Waals surface area contributed by atoms with E-state index in [2.05, 4.69) is 5.32 Å². The minimum absolute atomic E-state index is 0.140. The van der Waals surface area contributed by atoms with E-state index in [0.29, 0.717) is 35.0 Å². The number of nitrogens with one attached hydrogen (secondary N) is 1. The number of benzene rings is 1. The van der Waals surface area contributed by atoms with Crippen molar-refractivity contribution in [2.75, 3.05) is 18.4 Å². The highest BCUT2D eigenvalue weighted by molar-refractivity contribution is 7.91.